The molecule has 1 aliphatic heterocycles. The third kappa shape index (κ3) is 4.19. The molecule has 1 amide bonds. The Morgan fingerprint density at radius 2 is 1.96 bits per heavy atom. The number of hydrogen-bond donors (Lipinski definition) is 0. The van der Waals surface area contributed by atoms with E-state index in [4.69, 9.17) is 4.42 Å². The molecule has 7 nitrogen and oxygen atoms in total. The number of amides is 1. The van der Waals surface area contributed by atoms with Gasteiger partial charge < -0.3 is 14.2 Å². The van der Waals surface area contributed by atoms with Crippen LogP contribution >= 0.6 is 0 Å². The standard InChI is InChI=1S/C21H23N5O2/c1-16-4-2-6-18(14-16)25-10-12-26(13-11-25)20(27)8-7-19-23-24-21(28-19)17-5-3-9-22-15-17/h2-6,9,14-15H,7-8,10-13H2,1H3. The predicted octanol–water partition coefficient (Wildman–Crippen LogP) is 2.72. The van der Waals surface area contributed by atoms with Crippen molar-refractivity contribution >= 4 is 11.6 Å². The average molecular weight is 377 g/mol. The van der Waals surface area contributed by atoms with Gasteiger partial charge >= 0.3 is 0 Å². The van der Waals surface area contributed by atoms with Crippen LogP contribution < -0.4 is 4.90 Å². The van der Waals surface area contributed by atoms with Crippen LogP contribution in [0.25, 0.3) is 11.5 Å². The van der Waals surface area contributed by atoms with Crippen molar-refractivity contribution in [3.05, 3.63) is 60.2 Å². The van der Waals surface area contributed by atoms with Crippen molar-refractivity contribution < 1.29 is 9.21 Å². The first-order valence-electron chi connectivity index (χ1n) is 9.51. The maximum absolute atomic E-state index is 12.6. The molecule has 0 atom stereocenters. The van der Waals surface area contributed by atoms with Crippen LogP contribution in [0.1, 0.15) is 17.9 Å². The van der Waals surface area contributed by atoms with Crippen LogP contribution in [0.2, 0.25) is 0 Å². The van der Waals surface area contributed by atoms with Gasteiger partial charge in [-0.15, -0.1) is 10.2 Å². The van der Waals surface area contributed by atoms with E-state index in [1.165, 1.54) is 11.3 Å². The van der Waals surface area contributed by atoms with Crippen molar-refractivity contribution in [2.75, 3.05) is 31.1 Å². The number of hydrogen-bond acceptors (Lipinski definition) is 6. The molecular weight excluding hydrogens is 354 g/mol. The highest BCUT2D eigenvalue weighted by atomic mass is 16.4. The highest BCUT2D eigenvalue weighted by Crippen LogP contribution is 2.19. The molecule has 0 spiro atoms. The van der Waals surface area contributed by atoms with Crippen LogP contribution in [0.4, 0.5) is 5.69 Å². The third-order valence-electron chi connectivity index (χ3n) is 4.93. The minimum absolute atomic E-state index is 0.130. The van der Waals surface area contributed by atoms with Gasteiger partial charge in [0.2, 0.25) is 17.7 Å². The molecule has 1 aliphatic rings. The number of piperazine rings is 1. The maximum atomic E-state index is 12.6. The van der Waals surface area contributed by atoms with Crippen LogP contribution in [0.15, 0.2) is 53.2 Å². The Labute approximate surface area is 164 Å². The summed E-state index contributed by atoms with van der Waals surface area (Å²) in [6, 6.07) is 12.2. The summed E-state index contributed by atoms with van der Waals surface area (Å²) in [4.78, 5) is 20.8. The normalized spacial score (nSPS) is 14.3. The van der Waals surface area contributed by atoms with E-state index in [-0.39, 0.29) is 5.91 Å². The van der Waals surface area contributed by atoms with E-state index in [0.717, 1.165) is 31.7 Å². The zero-order valence-corrected chi connectivity index (χ0v) is 15.9. The molecule has 3 heterocycles. The number of carbonyl (C=O) groups excluding carboxylic acids is 1. The van der Waals surface area contributed by atoms with E-state index in [2.05, 4.69) is 51.3 Å². The molecule has 0 unspecified atom stereocenters. The Morgan fingerprint density at radius 1 is 1.11 bits per heavy atom. The third-order valence-corrected chi connectivity index (χ3v) is 4.93. The molecule has 144 valence electrons. The second-order valence-corrected chi connectivity index (χ2v) is 6.95. The van der Waals surface area contributed by atoms with Gasteiger partial charge in [0.05, 0.1) is 5.56 Å². The first-order chi connectivity index (χ1) is 13.7. The minimum atomic E-state index is 0.130. The topological polar surface area (TPSA) is 75.4 Å². The molecule has 1 fully saturated rings. The SMILES string of the molecule is Cc1cccc(N2CCN(C(=O)CCc3nnc(-c4cccnc4)o3)CC2)c1. The lowest BCUT2D eigenvalue weighted by molar-refractivity contribution is -0.131. The van der Waals surface area contributed by atoms with Gasteiger partial charge in [-0.05, 0) is 36.8 Å². The van der Waals surface area contributed by atoms with Gasteiger partial charge in [0.1, 0.15) is 0 Å². The van der Waals surface area contributed by atoms with E-state index in [9.17, 15) is 4.79 Å². The van der Waals surface area contributed by atoms with Crippen LogP contribution in [0, 0.1) is 6.92 Å². The van der Waals surface area contributed by atoms with Gasteiger partial charge in [-0.25, -0.2) is 0 Å². The van der Waals surface area contributed by atoms with Crippen LogP contribution in [-0.2, 0) is 11.2 Å². The Balaban J connectivity index is 1.28. The molecule has 2 aromatic heterocycles. The molecule has 7 heteroatoms. The Kier molecular flexibility index (Phi) is 5.32. The van der Waals surface area contributed by atoms with Gasteiger partial charge in [-0.1, -0.05) is 12.1 Å². The lowest BCUT2D eigenvalue weighted by Gasteiger charge is -2.36. The summed E-state index contributed by atoms with van der Waals surface area (Å²) >= 11 is 0. The fourth-order valence-electron chi connectivity index (χ4n) is 3.37. The lowest BCUT2D eigenvalue weighted by Crippen LogP contribution is -2.48. The van der Waals surface area contributed by atoms with Crippen LogP contribution in [-0.4, -0.2) is 52.2 Å². The van der Waals surface area contributed by atoms with Crippen molar-refractivity contribution in [3.63, 3.8) is 0 Å². The van der Waals surface area contributed by atoms with E-state index in [0.29, 0.717) is 24.6 Å². The molecule has 4 rings (SSSR count). The van der Waals surface area contributed by atoms with E-state index >= 15 is 0 Å². The molecule has 0 aliphatic carbocycles. The van der Waals surface area contributed by atoms with E-state index in [1.54, 1.807) is 12.4 Å². The molecule has 0 saturated carbocycles. The Bertz CT molecular complexity index is 933. The predicted molar refractivity (Wildman–Crippen MR) is 106 cm³/mol. The fourth-order valence-corrected chi connectivity index (χ4v) is 3.37. The summed E-state index contributed by atoms with van der Waals surface area (Å²) in [6.45, 7) is 5.26. The van der Waals surface area contributed by atoms with Crippen LogP contribution in [0.5, 0.6) is 0 Å². The summed E-state index contributed by atoms with van der Waals surface area (Å²) in [5.41, 5.74) is 3.25. The second kappa shape index (κ2) is 8.21. The number of benzene rings is 1. The zero-order valence-electron chi connectivity index (χ0n) is 15.9. The lowest BCUT2D eigenvalue weighted by atomic mass is 10.2. The number of aryl methyl sites for hydroxylation is 2. The second-order valence-electron chi connectivity index (χ2n) is 6.95. The minimum Gasteiger partial charge on any atom is -0.421 e. The van der Waals surface area contributed by atoms with Gasteiger partial charge in [0, 0.05) is 57.1 Å². The van der Waals surface area contributed by atoms with Crippen molar-refractivity contribution in [1.29, 1.82) is 0 Å². The van der Waals surface area contributed by atoms with E-state index < -0.39 is 0 Å². The molecule has 0 radical (unpaired) electrons. The summed E-state index contributed by atoms with van der Waals surface area (Å²) in [5, 5.41) is 8.09. The van der Waals surface area contributed by atoms with Gasteiger partial charge in [-0.2, -0.15) is 0 Å². The highest BCUT2D eigenvalue weighted by Gasteiger charge is 2.22. The molecule has 28 heavy (non-hydrogen) atoms. The zero-order chi connectivity index (χ0) is 19.3. The average Bonchev–Trinajstić information content (AvgIpc) is 3.22. The monoisotopic (exact) mass is 377 g/mol. The van der Waals surface area contributed by atoms with Crippen molar-refractivity contribution in [2.45, 2.75) is 19.8 Å². The summed E-state index contributed by atoms with van der Waals surface area (Å²) in [5.74, 6) is 1.04. The number of rotatable bonds is 5. The maximum Gasteiger partial charge on any atom is 0.249 e. The molecule has 3 aromatic rings. The summed E-state index contributed by atoms with van der Waals surface area (Å²) in [6.07, 6.45) is 4.19. The number of nitrogens with zero attached hydrogens (tertiary/aromatic N) is 5. The highest BCUT2D eigenvalue weighted by molar-refractivity contribution is 5.76. The number of carbonyl (C=O) groups is 1. The van der Waals surface area contributed by atoms with E-state index in [1.807, 2.05) is 17.0 Å². The number of pyridine rings is 1. The largest absolute Gasteiger partial charge is 0.421 e. The Morgan fingerprint density at radius 3 is 2.71 bits per heavy atom. The number of anilines is 1. The fraction of sp³-hybridized carbons (Fsp3) is 0.333. The quantitative estimate of drug-likeness (QED) is 0.681. The smallest absolute Gasteiger partial charge is 0.249 e. The number of aromatic nitrogens is 3. The van der Waals surface area contributed by atoms with Crippen molar-refractivity contribution in [1.82, 2.24) is 20.1 Å². The van der Waals surface area contributed by atoms with Gasteiger partial charge in [0.25, 0.3) is 0 Å². The summed E-state index contributed by atoms with van der Waals surface area (Å²) < 4.78 is 5.65. The molecule has 1 saturated heterocycles. The van der Waals surface area contributed by atoms with Gasteiger partial charge in [-0.3, -0.25) is 9.78 Å². The summed E-state index contributed by atoms with van der Waals surface area (Å²) in [7, 11) is 0. The van der Waals surface area contributed by atoms with Crippen molar-refractivity contribution in [3.8, 4) is 11.5 Å². The molecular formula is C21H23N5O2. The van der Waals surface area contributed by atoms with Crippen LogP contribution in [0.3, 0.4) is 0 Å². The first kappa shape index (κ1) is 18.2. The first-order valence-corrected chi connectivity index (χ1v) is 9.51. The molecule has 0 N–H and O–H groups in total. The molecule has 0 bridgehead atoms. The molecule has 1 aromatic carbocycles. The van der Waals surface area contributed by atoms with Crippen molar-refractivity contribution in [2.24, 2.45) is 0 Å². The van der Waals surface area contributed by atoms with Gasteiger partial charge in [0.15, 0.2) is 0 Å². The Hall–Kier alpha value is -3.22.